The van der Waals surface area contributed by atoms with E-state index >= 15 is 0 Å². The number of nitrogens with zero attached hydrogens (tertiary/aromatic N) is 1. The van der Waals surface area contributed by atoms with E-state index in [2.05, 4.69) is 24.1 Å². The van der Waals surface area contributed by atoms with Crippen molar-refractivity contribution >= 4 is 0 Å². The Morgan fingerprint density at radius 1 is 1.16 bits per heavy atom. The van der Waals surface area contributed by atoms with Gasteiger partial charge < -0.3 is 10.2 Å². The van der Waals surface area contributed by atoms with Gasteiger partial charge in [0.1, 0.15) is 0 Å². The summed E-state index contributed by atoms with van der Waals surface area (Å²) in [4.78, 5) is 2.72. The van der Waals surface area contributed by atoms with E-state index in [1.54, 1.807) is 0 Å². The molecule has 2 aliphatic heterocycles. The third-order valence-electron chi connectivity index (χ3n) is 5.90. The predicted octanol–water partition coefficient (Wildman–Crippen LogP) is 3.67. The summed E-state index contributed by atoms with van der Waals surface area (Å²) in [5, 5.41) is 3.54. The summed E-state index contributed by atoms with van der Waals surface area (Å²) in [7, 11) is 0. The van der Waals surface area contributed by atoms with E-state index in [9.17, 15) is 0 Å². The van der Waals surface area contributed by atoms with Crippen molar-refractivity contribution in [2.75, 3.05) is 32.7 Å². The highest BCUT2D eigenvalue weighted by molar-refractivity contribution is 4.84. The molecule has 0 bridgehead atoms. The second-order valence-corrected chi connectivity index (χ2v) is 6.90. The lowest BCUT2D eigenvalue weighted by molar-refractivity contribution is 0.0930. The highest BCUT2D eigenvalue weighted by atomic mass is 15.1. The van der Waals surface area contributed by atoms with E-state index in [0.717, 1.165) is 5.92 Å². The zero-order chi connectivity index (χ0) is 13.6. The van der Waals surface area contributed by atoms with Gasteiger partial charge in [0, 0.05) is 0 Å². The molecule has 19 heavy (non-hydrogen) atoms. The third-order valence-corrected chi connectivity index (χ3v) is 5.90. The van der Waals surface area contributed by atoms with Crippen LogP contribution in [0, 0.1) is 11.3 Å². The van der Waals surface area contributed by atoms with E-state index in [1.807, 2.05) is 0 Å². The first-order valence-electron chi connectivity index (χ1n) is 8.71. The van der Waals surface area contributed by atoms with Gasteiger partial charge in [-0.25, -0.2) is 0 Å². The molecule has 0 aliphatic carbocycles. The van der Waals surface area contributed by atoms with Gasteiger partial charge in [0.25, 0.3) is 0 Å². The fraction of sp³-hybridized carbons (Fsp3) is 1.00. The van der Waals surface area contributed by atoms with Crippen molar-refractivity contribution in [3.63, 3.8) is 0 Å². The minimum atomic E-state index is 0.684. The molecule has 112 valence electrons. The molecule has 2 rings (SSSR count). The second kappa shape index (κ2) is 7.64. The molecule has 2 nitrogen and oxygen atoms in total. The van der Waals surface area contributed by atoms with Gasteiger partial charge in [0.05, 0.1) is 0 Å². The lowest BCUT2D eigenvalue weighted by atomic mass is 9.74. The van der Waals surface area contributed by atoms with Crippen LogP contribution in [0.4, 0.5) is 0 Å². The van der Waals surface area contributed by atoms with Gasteiger partial charge in [-0.15, -0.1) is 0 Å². The normalized spacial score (nSPS) is 28.4. The molecule has 0 amide bonds. The zero-order valence-corrected chi connectivity index (χ0v) is 13.2. The van der Waals surface area contributed by atoms with E-state index in [-0.39, 0.29) is 0 Å². The number of hydrogen-bond acceptors (Lipinski definition) is 2. The van der Waals surface area contributed by atoms with Crippen LogP contribution in [-0.4, -0.2) is 37.6 Å². The van der Waals surface area contributed by atoms with Crippen molar-refractivity contribution in [3.05, 3.63) is 0 Å². The highest BCUT2D eigenvalue weighted by Crippen LogP contribution is 2.37. The largest absolute Gasteiger partial charge is 0.316 e. The number of rotatable bonds is 6. The molecule has 0 radical (unpaired) electrons. The van der Waals surface area contributed by atoms with Crippen LogP contribution in [-0.2, 0) is 0 Å². The standard InChI is InChI=1S/C17H34N2/c1-3-17(4-2)9-13-19(14-10-17)12-6-8-16-7-5-11-18-15-16/h16,18H,3-15H2,1-2H3. The van der Waals surface area contributed by atoms with Crippen LogP contribution in [0.25, 0.3) is 0 Å². The molecular weight excluding hydrogens is 232 g/mol. The molecule has 2 aliphatic rings. The molecule has 0 saturated carbocycles. The average Bonchev–Trinajstić information content (AvgIpc) is 2.49. The Bertz CT molecular complexity index is 232. The molecule has 2 saturated heterocycles. The van der Waals surface area contributed by atoms with Crippen LogP contribution in [0.2, 0.25) is 0 Å². The molecular formula is C17H34N2. The number of nitrogens with one attached hydrogen (secondary N) is 1. The SMILES string of the molecule is CCC1(CC)CCN(CCCC2CCCNC2)CC1. The van der Waals surface area contributed by atoms with Gasteiger partial charge in [-0.3, -0.25) is 0 Å². The van der Waals surface area contributed by atoms with Crippen molar-refractivity contribution < 1.29 is 0 Å². The van der Waals surface area contributed by atoms with Crippen molar-refractivity contribution in [1.29, 1.82) is 0 Å². The molecule has 0 spiro atoms. The van der Waals surface area contributed by atoms with Crippen LogP contribution < -0.4 is 5.32 Å². The minimum Gasteiger partial charge on any atom is -0.316 e. The fourth-order valence-corrected chi connectivity index (χ4v) is 3.98. The Morgan fingerprint density at radius 2 is 1.89 bits per heavy atom. The van der Waals surface area contributed by atoms with Gasteiger partial charge in [0.2, 0.25) is 0 Å². The molecule has 1 atom stereocenters. The van der Waals surface area contributed by atoms with Crippen molar-refractivity contribution in [2.24, 2.45) is 11.3 Å². The minimum absolute atomic E-state index is 0.684. The maximum atomic E-state index is 3.54. The summed E-state index contributed by atoms with van der Waals surface area (Å²) in [5.74, 6) is 0.962. The Balaban J connectivity index is 1.60. The number of hydrogen-bond donors (Lipinski definition) is 1. The first kappa shape index (κ1) is 15.3. The molecule has 0 aromatic heterocycles. The summed E-state index contributed by atoms with van der Waals surface area (Å²) in [5.41, 5.74) is 0.684. The lowest BCUT2D eigenvalue weighted by Crippen LogP contribution is -2.40. The molecule has 0 aromatic rings. The van der Waals surface area contributed by atoms with E-state index in [4.69, 9.17) is 0 Å². The van der Waals surface area contributed by atoms with Crippen LogP contribution in [0.3, 0.4) is 0 Å². The highest BCUT2D eigenvalue weighted by Gasteiger charge is 2.30. The van der Waals surface area contributed by atoms with Gasteiger partial charge >= 0.3 is 0 Å². The van der Waals surface area contributed by atoms with Crippen molar-refractivity contribution in [2.45, 2.75) is 65.2 Å². The van der Waals surface area contributed by atoms with Gasteiger partial charge in [-0.1, -0.05) is 26.7 Å². The molecule has 1 N–H and O–H groups in total. The van der Waals surface area contributed by atoms with Crippen LogP contribution in [0.1, 0.15) is 65.2 Å². The third kappa shape index (κ3) is 4.46. The molecule has 1 unspecified atom stereocenters. The van der Waals surface area contributed by atoms with Gasteiger partial charge in [0.15, 0.2) is 0 Å². The van der Waals surface area contributed by atoms with Crippen molar-refractivity contribution in [1.82, 2.24) is 10.2 Å². The van der Waals surface area contributed by atoms with Gasteiger partial charge in [-0.05, 0) is 82.6 Å². The quantitative estimate of drug-likeness (QED) is 0.789. The maximum Gasteiger partial charge on any atom is -0.00134 e. The summed E-state index contributed by atoms with van der Waals surface area (Å²) in [6.07, 6.45) is 11.3. The monoisotopic (exact) mass is 266 g/mol. The summed E-state index contributed by atoms with van der Waals surface area (Å²) < 4.78 is 0. The Kier molecular flexibility index (Phi) is 6.15. The van der Waals surface area contributed by atoms with E-state index in [0.29, 0.717) is 5.41 Å². The summed E-state index contributed by atoms with van der Waals surface area (Å²) >= 11 is 0. The van der Waals surface area contributed by atoms with E-state index in [1.165, 1.54) is 84.1 Å². The Labute approximate surface area is 120 Å². The molecule has 2 fully saturated rings. The zero-order valence-electron chi connectivity index (χ0n) is 13.2. The number of likely N-dealkylation sites (tertiary alicyclic amines) is 1. The van der Waals surface area contributed by atoms with E-state index < -0.39 is 0 Å². The first-order chi connectivity index (χ1) is 9.28. The lowest BCUT2D eigenvalue weighted by Gasteiger charge is -2.41. The topological polar surface area (TPSA) is 15.3 Å². The van der Waals surface area contributed by atoms with Crippen molar-refractivity contribution in [3.8, 4) is 0 Å². The number of piperidine rings is 2. The van der Waals surface area contributed by atoms with Crippen LogP contribution in [0.5, 0.6) is 0 Å². The average molecular weight is 266 g/mol. The molecule has 2 heteroatoms. The summed E-state index contributed by atoms with van der Waals surface area (Å²) in [6, 6.07) is 0. The first-order valence-corrected chi connectivity index (χ1v) is 8.71. The van der Waals surface area contributed by atoms with Crippen LogP contribution in [0.15, 0.2) is 0 Å². The molecule has 2 heterocycles. The maximum absolute atomic E-state index is 3.54. The predicted molar refractivity (Wildman–Crippen MR) is 83.5 cm³/mol. The fourth-order valence-electron chi connectivity index (χ4n) is 3.98. The summed E-state index contributed by atoms with van der Waals surface area (Å²) in [6.45, 7) is 11.3. The van der Waals surface area contributed by atoms with Gasteiger partial charge in [-0.2, -0.15) is 0 Å². The Hall–Kier alpha value is -0.0800. The van der Waals surface area contributed by atoms with Crippen LogP contribution >= 0.6 is 0 Å². The molecule has 0 aromatic carbocycles. The smallest absolute Gasteiger partial charge is 0.00134 e. The Morgan fingerprint density at radius 3 is 2.47 bits per heavy atom. The second-order valence-electron chi connectivity index (χ2n) is 6.90.